The zero-order chi connectivity index (χ0) is 10.5. The number of nitrogens with zero attached hydrogens (tertiary/aromatic N) is 1. The molecule has 0 unspecified atom stereocenters. The molecule has 3 N–H and O–H groups in total. The van der Waals surface area contributed by atoms with E-state index in [1.807, 2.05) is 18.0 Å². The number of thiazole rings is 1. The van der Waals surface area contributed by atoms with Gasteiger partial charge >= 0.3 is 0 Å². The van der Waals surface area contributed by atoms with Crippen molar-refractivity contribution < 1.29 is 0 Å². The quantitative estimate of drug-likeness (QED) is 0.617. The van der Waals surface area contributed by atoms with Crippen molar-refractivity contribution >= 4 is 28.2 Å². The summed E-state index contributed by atoms with van der Waals surface area (Å²) in [6, 6.07) is 0. The van der Waals surface area contributed by atoms with Gasteiger partial charge in [0.25, 0.3) is 0 Å². The van der Waals surface area contributed by atoms with Crippen LogP contribution in [0.3, 0.4) is 0 Å². The maximum Gasteiger partial charge on any atom is 0.197 e. The van der Waals surface area contributed by atoms with E-state index in [9.17, 15) is 0 Å². The Kier molecular flexibility index (Phi) is 4.29. The van der Waals surface area contributed by atoms with E-state index in [1.165, 1.54) is 36.3 Å². The summed E-state index contributed by atoms with van der Waals surface area (Å²) in [5.41, 5.74) is 2.58. The summed E-state index contributed by atoms with van der Waals surface area (Å²) in [7, 11) is 0. The molecule has 1 heterocycles. The molecule has 1 fully saturated rings. The fourth-order valence-electron chi connectivity index (χ4n) is 1.94. The molecule has 0 aliphatic heterocycles. The molecule has 5 heteroatoms. The summed E-state index contributed by atoms with van der Waals surface area (Å²) >= 11 is 3.68. The summed E-state index contributed by atoms with van der Waals surface area (Å²) in [6.45, 7) is 0. The lowest BCUT2D eigenvalue weighted by Gasteiger charge is -2.06. The van der Waals surface area contributed by atoms with E-state index in [4.69, 9.17) is 5.84 Å². The standard InChI is InChI=1S/C10H17N3S2/c11-13-10-12-5-9(15-10)7-14-6-8-3-1-2-4-8/h5,8H,1-4,6-7,11H2,(H,12,13). The van der Waals surface area contributed by atoms with E-state index in [1.54, 1.807) is 11.3 Å². The highest BCUT2D eigenvalue weighted by Crippen LogP contribution is 2.30. The van der Waals surface area contributed by atoms with Gasteiger partial charge < -0.3 is 0 Å². The van der Waals surface area contributed by atoms with Gasteiger partial charge in [0.2, 0.25) is 0 Å². The average Bonchev–Trinajstić information content (AvgIpc) is 2.88. The van der Waals surface area contributed by atoms with Gasteiger partial charge in [0.15, 0.2) is 5.13 Å². The highest BCUT2D eigenvalue weighted by atomic mass is 32.2. The van der Waals surface area contributed by atoms with Crippen LogP contribution in [0.4, 0.5) is 5.13 Å². The number of nitrogen functional groups attached to an aromatic ring is 1. The molecule has 0 saturated heterocycles. The Bertz CT molecular complexity index is 295. The Morgan fingerprint density at radius 1 is 1.53 bits per heavy atom. The van der Waals surface area contributed by atoms with Gasteiger partial charge in [-0.25, -0.2) is 10.8 Å². The number of aromatic nitrogens is 1. The number of nitrogens with one attached hydrogen (secondary N) is 1. The first-order valence-electron chi connectivity index (χ1n) is 5.37. The molecule has 2 rings (SSSR count). The maximum atomic E-state index is 5.28. The van der Waals surface area contributed by atoms with Crippen molar-refractivity contribution in [1.29, 1.82) is 0 Å². The van der Waals surface area contributed by atoms with Crippen LogP contribution in [-0.2, 0) is 5.75 Å². The first kappa shape index (κ1) is 11.2. The molecule has 0 spiro atoms. The summed E-state index contributed by atoms with van der Waals surface area (Å²) in [5.74, 6) is 8.64. The largest absolute Gasteiger partial charge is 0.300 e. The molecular formula is C10H17N3S2. The smallest absolute Gasteiger partial charge is 0.197 e. The molecule has 0 aromatic carbocycles. The fourth-order valence-corrected chi connectivity index (χ4v) is 4.01. The minimum atomic E-state index is 0.812. The predicted molar refractivity (Wildman–Crippen MR) is 68.0 cm³/mol. The average molecular weight is 243 g/mol. The summed E-state index contributed by atoms with van der Waals surface area (Å²) in [4.78, 5) is 5.47. The van der Waals surface area contributed by atoms with Crippen LogP contribution < -0.4 is 11.3 Å². The molecule has 3 nitrogen and oxygen atoms in total. The number of nitrogens with two attached hydrogens (primary N) is 1. The Morgan fingerprint density at radius 2 is 2.33 bits per heavy atom. The Labute approximate surface area is 98.8 Å². The molecule has 1 aromatic rings. The number of hydrogen-bond donors (Lipinski definition) is 2. The highest BCUT2D eigenvalue weighted by Gasteiger charge is 2.14. The van der Waals surface area contributed by atoms with Crippen LogP contribution in [-0.4, -0.2) is 10.7 Å². The summed E-state index contributed by atoms with van der Waals surface area (Å²) < 4.78 is 0. The molecular weight excluding hydrogens is 226 g/mol. The molecule has 15 heavy (non-hydrogen) atoms. The fraction of sp³-hybridized carbons (Fsp3) is 0.700. The van der Waals surface area contributed by atoms with Crippen molar-refractivity contribution in [3.63, 3.8) is 0 Å². The summed E-state index contributed by atoms with van der Waals surface area (Å²) in [5, 5.41) is 0.812. The van der Waals surface area contributed by atoms with Crippen molar-refractivity contribution in [2.45, 2.75) is 31.4 Å². The number of hydrazine groups is 1. The molecule has 0 radical (unpaired) electrons. The van der Waals surface area contributed by atoms with Gasteiger partial charge in [0, 0.05) is 16.8 Å². The predicted octanol–water partition coefficient (Wildman–Crippen LogP) is 2.85. The third-order valence-electron chi connectivity index (χ3n) is 2.75. The molecule has 0 amide bonds. The Hall–Kier alpha value is -0.260. The van der Waals surface area contributed by atoms with Crippen molar-refractivity contribution in [2.75, 3.05) is 11.2 Å². The SMILES string of the molecule is NNc1ncc(CSCC2CCCC2)s1. The van der Waals surface area contributed by atoms with E-state index in [0.717, 1.165) is 16.8 Å². The zero-order valence-electron chi connectivity index (χ0n) is 8.74. The third-order valence-corrected chi connectivity index (χ3v) is 5.08. The van der Waals surface area contributed by atoms with E-state index in [0.29, 0.717) is 0 Å². The van der Waals surface area contributed by atoms with Crippen molar-refractivity contribution in [3.05, 3.63) is 11.1 Å². The van der Waals surface area contributed by atoms with Crippen LogP contribution in [0.15, 0.2) is 6.20 Å². The first-order chi connectivity index (χ1) is 7.38. The highest BCUT2D eigenvalue weighted by molar-refractivity contribution is 7.98. The maximum absolute atomic E-state index is 5.28. The number of rotatable bonds is 5. The van der Waals surface area contributed by atoms with E-state index < -0.39 is 0 Å². The topological polar surface area (TPSA) is 50.9 Å². The van der Waals surface area contributed by atoms with Crippen molar-refractivity contribution in [2.24, 2.45) is 11.8 Å². The van der Waals surface area contributed by atoms with Gasteiger partial charge in [-0.05, 0) is 24.5 Å². The lowest BCUT2D eigenvalue weighted by molar-refractivity contribution is 0.623. The van der Waals surface area contributed by atoms with Crippen LogP contribution in [0.1, 0.15) is 30.6 Å². The van der Waals surface area contributed by atoms with Gasteiger partial charge in [0.05, 0.1) is 0 Å². The van der Waals surface area contributed by atoms with Gasteiger partial charge in [-0.1, -0.05) is 12.8 Å². The van der Waals surface area contributed by atoms with Gasteiger partial charge in [-0.15, -0.1) is 11.3 Å². The molecule has 0 atom stereocenters. The van der Waals surface area contributed by atoms with Gasteiger partial charge in [-0.3, -0.25) is 5.43 Å². The molecule has 1 saturated carbocycles. The third kappa shape index (κ3) is 3.36. The Balaban J connectivity index is 1.68. The minimum Gasteiger partial charge on any atom is -0.300 e. The van der Waals surface area contributed by atoms with Crippen LogP contribution in [0.5, 0.6) is 0 Å². The lowest BCUT2D eigenvalue weighted by atomic mass is 10.1. The monoisotopic (exact) mass is 243 g/mol. The number of thioether (sulfide) groups is 1. The molecule has 84 valence electrons. The molecule has 1 aliphatic carbocycles. The van der Waals surface area contributed by atoms with Crippen LogP contribution in [0.25, 0.3) is 0 Å². The molecule has 0 bridgehead atoms. The van der Waals surface area contributed by atoms with Crippen LogP contribution in [0.2, 0.25) is 0 Å². The van der Waals surface area contributed by atoms with E-state index >= 15 is 0 Å². The normalized spacial score (nSPS) is 17.1. The number of anilines is 1. The molecule has 1 aromatic heterocycles. The van der Waals surface area contributed by atoms with Gasteiger partial charge in [-0.2, -0.15) is 11.8 Å². The second-order valence-corrected chi connectivity index (χ2v) is 6.09. The van der Waals surface area contributed by atoms with Crippen LogP contribution >= 0.6 is 23.1 Å². The molecule has 1 aliphatic rings. The Morgan fingerprint density at radius 3 is 3.00 bits per heavy atom. The first-order valence-corrected chi connectivity index (χ1v) is 7.34. The van der Waals surface area contributed by atoms with Crippen LogP contribution in [0, 0.1) is 5.92 Å². The zero-order valence-corrected chi connectivity index (χ0v) is 10.4. The lowest BCUT2D eigenvalue weighted by Crippen LogP contribution is -2.05. The summed E-state index contributed by atoms with van der Waals surface area (Å²) in [6.07, 6.45) is 7.66. The van der Waals surface area contributed by atoms with Crippen molar-refractivity contribution in [1.82, 2.24) is 4.98 Å². The van der Waals surface area contributed by atoms with E-state index in [2.05, 4.69) is 10.4 Å². The van der Waals surface area contributed by atoms with Gasteiger partial charge in [0.1, 0.15) is 0 Å². The minimum absolute atomic E-state index is 0.812. The van der Waals surface area contributed by atoms with E-state index in [-0.39, 0.29) is 0 Å². The number of hydrogen-bond acceptors (Lipinski definition) is 5. The second kappa shape index (κ2) is 5.72. The second-order valence-electron chi connectivity index (χ2n) is 3.94. The van der Waals surface area contributed by atoms with Crippen molar-refractivity contribution in [3.8, 4) is 0 Å².